The van der Waals surface area contributed by atoms with E-state index >= 15 is 0 Å². The van der Waals surface area contributed by atoms with Gasteiger partial charge in [0.2, 0.25) is 0 Å². The number of carbonyl (C=O) groups excluding carboxylic acids is 2. The van der Waals surface area contributed by atoms with Gasteiger partial charge in [-0.2, -0.15) is 5.11 Å². The molecule has 8 heteroatoms. The predicted molar refractivity (Wildman–Crippen MR) is 109 cm³/mol. The SMILES string of the molecule is Cl.O=C1N=NC(Cc2ccc(F)c(C(=O)N3CCCNCC3)c2)c2ccccc21. The predicted octanol–water partition coefficient (Wildman–Crippen LogP) is 3.57. The van der Waals surface area contributed by atoms with Crippen LogP contribution in [0.2, 0.25) is 0 Å². The molecule has 0 radical (unpaired) electrons. The molecule has 1 N–H and O–H groups in total. The lowest BCUT2D eigenvalue weighted by Gasteiger charge is -2.21. The second-order valence-electron chi connectivity index (χ2n) is 7.04. The minimum atomic E-state index is -0.521. The van der Waals surface area contributed by atoms with Crippen molar-refractivity contribution in [2.45, 2.75) is 18.9 Å². The van der Waals surface area contributed by atoms with E-state index in [9.17, 15) is 14.0 Å². The maximum absolute atomic E-state index is 14.4. The summed E-state index contributed by atoms with van der Waals surface area (Å²) < 4.78 is 14.4. The number of hydrogen-bond donors (Lipinski definition) is 1. The molecule has 1 saturated heterocycles. The molecular weight excluding hydrogens is 395 g/mol. The number of carbonyl (C=O) groups is 2. The van der Waals surface area contributed by atoms with Gasteiger partial charge in [-0.1, -0.05) is 24.3 Å². The van der Waals surface area contributed by atoms with Crippen LogP contribution in [0.15, 0.2) is 52.7 Å². The maximum Gasteiger partial charge on any atom is 0.295 e. The first kappa shape index (κ1) is 21.1. The van der Waals surface area contributed by atoms with Gasteiger partial charge in [0.25, 0.3) is 11.8 Å². The molecule has 0 bridgehead atoms. The highest BCUT2D eigenvalue weighted by Gasteiger charge is 2.25. The van der Waals surface area contributed by atoms with Gasteiger partial charge in [0.1, 0.15) is 11.9 Å². The Kier molecular flexibility index (Phi) is 6.71. The van der Waals surface area contributed by atoms with Crippen LogP contribution in [0.4, 0.5) is 4.39 Å². The summed E-state index contributed by atoms with van der Waals surface area (Å²) in [5, 5.41) is 11.1. The average molecular weight is 417 g/mol. The summed E-state index contributed by atoms with van der Waals surface area (Å²) in [5.74, 6) is -1.16. The Labute approximate surface area is 174 Å². The summed E-state index contributed by atoms with van der Waals surface area (Å²) in [6.45, 7) is 2.74. The molecule has 4 rings (SSSR count). The summed E-state index contributed by atoms with van der Waals surface area (Å²) >= 11 is 0. The summed E-state index contributed by atoms with van der Waals surface area (Å²) in [6.07, 6.45) is 1.29. The first-order chi connectivity index (χ1) is 13.6. The van der Waals surface area contributed by atoms with Crippen molar-refractivity contribution in [3.8, 4) is 0 Å². The zero-order valence-electron chi connectivity index (χ0n) is 15.8. The molecule has 0 saturated carbocycles. The van der Waals surface area contributed by atoms with E-state index in [-0.39, 0.29) is 35.8 Å². The number of nitrogens with one attached hydrogen (secondary N) is 1. The second kappa shape index (κ2) is 9.24. The molecular formula is C21H22ClFN4O2. The lowest BCUT2D eigenvalue weighted by atomic mass is 9.93. The number of fused-ring (bicyclic) bond motifs is 1. The minimum absolute atomic E-state index is 0. The van der Waals surface area contributed by atoms with Crippen LogP contribution in [0.1, 0.15) is 44.3 Å². The maximum atomic E-state index is 14.4. The van der Waals surface area contributed by atoms with Crippen LogP contribution in [0.3, 0.4) is 0 Å². The Morgan fingerprint density at radius 1 is 1.17 bits per heavy atom. The van der Waals surface area contributed by atoms with Crippen molar-refractivity contribution in [1.29, 1.82) is 0 Å². The van der Waals surface area contributed by atoms with Crippen LogP contribution in [0, 0.1) is 5.82 Å². The molecule has 0 aromatic heterocycles. The third-order valence-electron chi connectivity index (χ3n) is 5.16. The number of benzene rings is 2. The Balaban J connectivity index is 0.00000240. The molecule has 6 nitrogen and oxygen atoms in total. The normalized spacial score (nSPS) is 18.6. The van der Waals surface area contributed by atoms with Crippen molar-refractivity contribution in [3.05, 3.63) is 70.5 Å². The molecule has 152 valence electrons. The summed E-state index contributed by atoms with van der Waals surface area (Å²) in [5.41, 5.74) is 2.21. The molecule has 2 heterocycles. The van der Waals surface area contributed by atoms with E-state index in [0.717, 1.165) is 24.1 Å². The van der Waals surface area contributed by atoms with Crippen molar-refractivity contribution in [2.24, 2.45) is 10.2 Å². The highest BCUT2D eigenvalue weighted by molar-refractivity contribution is 5.97. The fourth-order valence-corrected chi connectivity index (χ4v) is 3.68. The summed E-state index contributed by atoms with van der Waals surface area (Å²) in [4.78, 5) is 26.4. The third-order valence-corrected chi connectivity index (χ3v) is 5.16. The van der Waals surface area contributed by atoms with Crippen molar-refractivity contribution in [3.63, 3.8) is 0 Å². The number of rotatable bonds is 3. The summed E-state index contributed by atoms with van der Waals surface area (Å²) in [6, 6.07) is 11.5. The molecule has 1 atom stereocenters. The highest BCUT2D eigenvalue weighted by atomic mass is 35.5. The Bertz CT molecular complexity index is 942. The number of amides is 2. The molecule has 1 unspecified atom stereocenters. The van der Waals surface area contributed by atoms with Gasteiger partial charge in [0.15, 0.2) is 0 Å². The van der Waals surface area contributed by atoms with Gasteiger partial charge in [0.05, 0.1) is 5.56 Å². The number of nitrogens with zero attached hydrogens (tertiary/aromatic N) is 3. The van der Waals surface area contributed by atoms with Crippen LogP contribution >= 0.6 is 12.4 Å². The van der Waals surface area contributed by atoms with Gasteiger partial charge >= 0.3 is 0 Å². The van der Waals surface area contributed by atoms with Crippen LogP contribution in [-0.4, -0.2) is 42.9 Å². The topological polar surface area (TPSA) is 74.1 Å². The van der Waals surface area contributed by atoms with E-state index in [2.05, 4.69) is 15.5 Å². The average Bonchev–Trinajstić information content (AvgIpc) is 3.01. The molecule has 2 aliphatic heterocycles. The Hall–Kier alpha value is -2.64. The molecule has 2 aromatic carbocycles. The smallest absolute Gasteiger partial charge is 0.295 e. The van der Waals surface area contributed by atoms with E-state index in [1.807, 2.05) is 12.1 Å². The Morgan fingerprint density at radius 2 is 2.00 bits per heavy atom. The number of azo groups is 1. The van der Waals surface area contributed by atoms with Crippen molar-refractivity contribution in [1.82, 2.24) is 10.2 Å². The largest absolute Gasteiger partial charge is 0.337 e. The number of halogens is 2. The molecule has 1 fully saturated rings. The molecule has 2 aromatic rings. The van der Waals surface area contributed by atoms with Crippen molar-refractivity contribution in [2.75, 3.05) is 26.2 Å². The summed E-state index contributed by atoms with van der Waals surface area (Å²) in [7, 11) is 0. The standard InChI is InChI=1S/C21H21FN4O2.ClH/c22-18-7-6-14(12-17(18)21(28)26-10-3-8-23-9-11-26)13-19-15-4-1-2-5-16(15)20(27)25-24-19;/h1-2,4-7,12,19,23H,3,8-11,13H2;1H. The van der Waals surface area contributed by atoms with Crippen LogP contribution in [-0.2, 0) is 6.42 Å². The van der Waals surface area contributed by atoms with Crippen molar-refractivity contribution >= 4 is 24.2 Å². The van der Waals surface area contributed by atoms with Gasteiger partial charge in [-0.3, -0.25) is 9.59 Å². The van der Waals surface area contributed by atoms with Gasteiger partial charge < -0.3 is 10.2 Å². The quantitative estimate of drug-likeness (QED) is 0.831. The van der Waals surface area contributed by atoms with E-state index in [4.69, 9.17) is 0 Å². The highest BCUT2D eigenvalue weighted by Crippen LogP contribution is 2.30. The fraction of sp³-hybridized carbons (Fsp3) is 0.333. The lowest BCUT2D eigenvalue weighted by Crippen LogP contribution is -2.34. The monoisotopic (exact) mass is 416 g/mol. The van der Waals surface area contributed by atoms with E-state index in [1.54, 1.807) is 29.2 Å². The van der Waals surface area contributed by atoms with E-state index < -0.39 is 5.82 Å². The van der Waals surface area contributed by atoms with Crippen molar-refractivity contribution < 1.29 is 14.0 Å². The first-order valence-electron chi connectivity index (χ1n) is 9.46. The fourth-order valence-electron chi connectivity index (χ4n) is 3.68. The molecule has 0 aliphatic carbocycles. The molecule has 29 heavy (non-hydrogen) atoms. The Morgan fingerprint density at radius 3 is 2.86 bits per heavy atom. The van der Waals surface area contributed by atoms with Crippen LogP contribution in [0.5, 0.6) is 0 Å². The minimum Gasteiger partial charge on any atom is -0.337 e. The van der Waals surface area contributed by atoms with Gasteiger partial charge in [-0.25, -0.2) is 4.39 Å². The van der Waals surface area contributed by atoms with Gasteiger partial charge in [-0.15, -0.1) is 17.5 Å². The zero-order valence-corrected chi connectivity index (χ0v) is 16.6. The van der Waals surface area contributed by atoms with E-state index in [0.29, 0.717) is 31.6 Å². The van der Waals surface area contributed by atoms with Crippen LogP contribution < -0.4 is 5.32 Å². The lowest BCUT2D eigenvalue weighted by molar-refractivity contribution is 0.0761. The van der Waals surface area contributed by atoms with Crippen LogP contribution in [0.25, 0.3) is 0 Å². The molecule has 0 spiro atoms. The van der Waals surface area contributed by atoms with Gasteiger partial charge in [0, 0.05) is 31.6 Å². The second-order valence-corrected chi connectivity index (χ2v) is 7.04. The molecule has 2 amide bonds. The zero-order chi connectivity index (χ0) is 19.5. The molecule has 2 aliphatic rings. The first-order valence-corrected chi connectivity index (χ1v) is 9.46. The number of hydrogen-bond acceptors (Lipinski definition) is 4. The third kappa shape index (κ3) is 4.52. The van der Waals surface area contributed by atoms with E-state index in [1.165, 1.54) is 6.07 Å². The van der Waals surface area contributed by atoms with Gasteiger partial charge in [-0.05, 0) is 42.3 Å².